The highest BCUT2D eigenvalue weighted by Crippen LogP contribution is 2.15. The minimum absolute atomic E-state index is 0.0953. The molecule has 1 aliphatic heterocycles. The fraction of sp³-hybridized carbons (Fsp3) is 0.500. The summed E-state index contributed by atoms with van der Waals surface area (Å²) in [6.07, 6.45) is 0. The van der Waals surface area contributed by atoms with Crippen molar-refractivity contribution >= 4 is 11.8 Å². The molecule has 1 atom stereocenters. The lowest BCUT2D eigenvalue weighted by molar-refractivity contribution is -0.147. The number of piperazine rings is 1. The van der Waals surface area contributed by atoms with Gasteiger partial charge >= 0.3 is 0 Å². The van der Waals surface area contributed by atoms with Crippen LogP contribution in [-0.4, -0.2) is 41.8 Å². The van der Waals surface area contributed by atoms with E-state index in [1.54, 1.807) is 21.0 Å². The van der Waals surface area contributed by atoms with Crippen LogP contribution in [0.15, 0.2) is 12.3 Å². The molecule has 1 fully saturated rings. The molecule has 1 heterocycles. The average Bonchev–Trinajstić information content (AvgIpc) is 2.08. The summed E-state index contributed by atoms with van der Waals surface area (Å²) in [7, 11) is 3.16. The van der Waals surface area contributed by atoms with Crippen LogP contribution in [0.2, 0.25) is 0 Å². The van der Waals surface area contributed by atoms with Gasteiger partial charge in [0.05, 0.1) is 0 Å². The summed E-state index contributed by atoms with van der Waals surface area (Å²) in [5.74, 6) is -0.285. The summed E-state index contributed by atoms with van der Waals surface area (Å²) >= 11 is 0. The van der Waals surface area contributed by atoms with Gasteiger partial charge in [0.1, 0.15) is 11.7 Å². The predicted octanol–water partition coefficient (Wildman–Crippen LogP) is -0.181. The van der Waals surface area contributed by atoms with E-state index in [0.717, 1.165) is 0 Å². The Bertz CT molecular complexity index is 260. The summed E-state index contributed by atoms with van der Waals surface area (Å²) in [6.45, 7) is 5.22. The minimum Gasteiger partial charge on any atom is -0.329 e. The molecule has 4 heteroatoms. The van der Waals surface area contributed by atoms with Crippen LogP contribution < -0.4 is 0 Å². The average molecular weight is 168 g/mol. The van der Waals surface area contributed by atoms with Crippen molar-refractivity contribution in [3.05, 3.63) is 12.3 Å². The predicted molar refractivity (Wildman–Crippen MR) is 44.1 cm³/mol. The van der Waals surface area contributed by atoms with Crippen molar-refractivity contribution in [2.24, 2.45) is 0 Å². The van der Waals surface area contributed by atoms with Crippen LogP contribution in [0.4, 0.5) is 0 Å². The molecule has 1 unspecified atom stereocenters. The summed E-state index contributed by atoms with van der Waals surface area (Å²) < 4.78 is 0. The van der Waals surface area contributed by atoms with Gasteiger partial charge in [-0.05, 0) is 6.92 Å². The van der Waals surface area contributed by atoms with E-state index in [0.29, 0.717) is 0 Å². The van der Waals surface area contributed by atoms with Gasteiger partial charge in [0.25, 0.3) is 5.91 Å². The molecular weight excluding hydrogens is 156 g/mol. The van der Waals surface area contributed by atoms with Gasteiger partial charge in [-0.25, -0.2) is 0 Å². The molecule has 0 N–H and O–H groups in total. The second kappa shape index (κ2) is 2.62. The molecule has 0 aromatic heterocycles. The van der Waals surface area contributed by atoms with E-state index in [2.05, 4.69) is 6.58 Å². The first-order valence-corrected chi connectivity index (χ1v) is 3.70. The normalized spacial score (nSPS) is 25.2. The molecular formula is C8H12N2O2. The second-order valence-corrected chi connectivity index (χ2v) is 2.94. The molecule has 0 aliphatic carbocycles. The van der Waals surface area contributed by atoms with E-state index >= 15 is 0 Å². The fourth-order valence-electron chi connectivity index (χ4n) is 1.10. The number of hydrogen-bond donors (Lipinski definition) is 0. The topological polar surface area (TPSA) is 40.6 Å². The number of rotatable bonds is 0. The number of hydrogen-bond acceptors (Lipinski definition) is 2. The SMILES string of the molecule is C=C1C(=O)N(C)C(C)C(=O)N1C. The maximum atomic E-state index is 11.4. The maximum absolute atomic E-state index is 11.4. The van der Waals surface area contributed by atoms with E-state index in [4.69, 9.17) is 0 Å². The number of nitrogens with zero attached hydrogens (tertiary/aromatic N) is 2. The summed E-state index contributed by atoms with van der Waals surface area (Å²) in [5, 5.41) is 0. The molecule has 0 saturated carbocycles. The monoisotopic (exact) mass is 168 g/mol. The van der Waals surface area contributed by atoms with Crippen LogP contribution >= 0.6 is 0 Å². The highest BCUT2D eigenvalue weighted by molar-refractivity contribution is 6.03. The lowest BCUT2D eigenvalue weighted by atomic mass is 10.1. The van der Waals surface area contributed by atoms with E-state index in [9.17, 15) is 9.59 Å². The van der Waals surface area contributed by atoms with Crippen molar-refractivity contribution < 1.29 is 9.59 Å². The molecule has 0 radical (unpaired) electrons. The highest BCUT2D eigenvalue weighted by atomic mass is 16.2. The first kappa shape index (κ1) is 8.77. The third-order valence-corrected chi connectivity index (χ3v) is 2.24. The van der Waals surface area contributed by atoms with Crippen molar-refractivity contribution in [2.45, 2.75) is 13.0 Å². The third-order valence-electron chi connectivity index (χ3n) is 2.24. The molecule has 4 nitrogen and oxygen atoms in total. The molecule has 0 aromatic rings. The van der Waals surface area contributed by atoms with Crippen LogP contribution in [0.1, 0.15) is 6.92 Å². The van der Waals surface area contributed by atoms with Gasteiger partial charge in [-0.1, -0.05) is 6.58 Å². The van der Waals surface area contributed by atoms with E-state index < -0.39 is 0 Å². The van der Waals surface area contributed by atoms with Crippen molar-refractivity contribution in [1.29, 1.82) is 0 Å². The van der Waals surface area contributed by atoms with Gasteiger partial charge in [-0.15, -0.1) is 0 Å². The first-order valence-electron chi connectivity index (χ1n) is 3.70. The second-order valence-electron chi connectivity index (χ2n) is 2.94. The van der Waals surface area contributed by atoms with Gasteiger partial charge < -0.3 is 9.80 Å². The van der Waals surface area contributed by atoms with Gasteiger partial charge in [-0.3, -0.25) is 9.59 Å². The molecule has 1 aliphatic rings. The highest BCUT2D eigenvalue weighted by Gasteiger charge is 2.34. The molecule has 2 amide bonds. The molecule has 0 aromatic carbocycles. The summed E-state index contributed by atoms with van der Waals surface area (Å²) in [4.78, 5) is 25.4. The maximum Gasteiger partial charge on any atom is 0.270 e. The summed E-state index contributed by atoms with van der Waals surface area (Å²) in [5.41, 5.74) is 0.237. The Morgan fingerprint density at radius 1 is 1.33 bits per heavy atom. The lowest BCUT2D eigenvalue weighted by Crippen LogP contribution is -2.54. The Labute approximate surface area is 71.4 Å². The standard InChI is InChI=1S/C8H12N2O2/c1-5-7(11)10(4)6(2)8(12)9(5)3/h6H,1H2,2-4H3. The minimum atomic E-state index is -0.381. The molecule has 66 valence electrons. The van der Waals surface area contributed by atoms with Crippen molar-refractivity contribution in [3.8, 4) is 0 Å². The smallest absolute Gasteiger partial charge is 0.270 e. The van der Waals surface area contributed by atoms with Crippen molar-refractivity contribution in [2.75, 3.05) is 14.1 Å². The number of carbonyl (C=O) groups excluding carboxylic acids is 2. The number of likely N-dealkylation sites (N-methyl/N-ethyl adjacent to an activating group) is 2. The van der Waals surface area contributed by atoms with Crippen LogP contribution in [0.5, 0.6) is 0 Å². The van der Waals surface area contributed by atoms with Gasteiger partial charge in [0.15, 0.2) is 0 Å². The third kappa shape index (κ3) is 0.995. The molecule has 1 saturated heterocycles. The summed E-state index contributed by atoms with van der Waals surface area (Å²) in [6, 6.07) is -0.381. The number of carbonyl (C=O) groups is 2. The molecule has 12 heavy (non-hydrogen) atoms. The largest absolute Gasteiger partial charge is 0.329 e. The molecule has 0 bridgehead atoms. The van der Waals surface area contributed by atoms with Crippen LogP contribution in [0, 0.1) is 0 Å². The lowest BCUT2D eigenvalue weighted by Gasteiger charge is -2.35. The van der Waals surface area contributed by atoms with Crippen molar-refractivity contribution in [1.82, 2.24) is 9.80 Å². The zero-order valence-corrected chi connectivity index (χ0v) is 7.50. The van der Waals surface area contributed by atoms with E-state index in [-0.39, 0.29) is 23.6 Å². The molecule has 1 rings (SSSR count). The van der Waals surface area contributed by atoms with Crippen LogP contribution in [0.3, 0.4) is 0 Å². The van der Waals surface area contributed by atoms with Gasteiger partial charge in [0.2, 0.25) is 5.91 Å². The Morgan fingerprint density at radius 3 is 2.33 bits per heavy atom. The Morgan fingerprint density at radius 2 is 1.83 bits per heavy atom. The first-order chi connectivity index (χ1) is 5.46. The van der Waals surface area contributed by atoms with Crippen LogP contribution in [-0.2, 0) is 9.59 Å². The molecule has 0 spiro atoms. The Hall–Kier alpha value is -1.32. The Kier molecular flexibility index (Phi) is 1.92. The van der Waals surface area contributed by atoms with Gasteiger partial charge in [0, 0.05) is 14.1 Å². The van der Waals surface area contributed by atoms with Crippen molar-refractivity contribution in [3.63, 3.8) is 0 Å². The van der Waals surface area contributed by atoms with Crippen LogP contribution in [0.25, 0.3) is 0 Å². The Balaban J connectivity index is 2.99. The van der Waals surface area contributed by atoms with Gasteiger partial charge in [-0.2, -0.15) is 0 Å². The fourth-order valence-corrected chi connectivity index (χ4v) is 1.10. The zero-order valence-electron chi connectivity index (χ0n) is 7.50. The number of amides is 2. The van der Waals surface area contributed by atoms with E-state index in [1.165, 1.54) is 9.80 Å². The zero-order chi connectivity index (χ0) is 9.46. The van der Waals surface area contributed by atoms with E-state index in [1.807, 2.05) is 0 Å². The quantitative estimate of drug-likeness (QED) is 0.471.